The molecule has 0 fully saturated rings. The topological polar surface area (TPSA) is 66.8 Å². The summed E-state index contributed by atoms with van der Waals surface area (Å²) < 4.78 is 2.07. The lowest BCUT2D eigenvalue weighted by Crippen LogP contribution is -2.31. The number of H-pyrrole nitrogens is 1. The monoisotopic (exact) mass is 357 g/mol. The Hall–Kier alpha value is -2.28. The summed E-state index contributed by atoms with van der Waals surface area (Å²) in [5.41, 5.74) is 2.11. The largest absolute Gasteiger partial charge is 0.360 e. The number of carbonyl (C=O) groups is 1. The number of para-hydroxylation sites is 1. The van der Waals surface area contributed by atoms with Crippen molar-refractivity contribution >= 4 is 28.6 Å². The minimum Gasteiger partial charge on any atom is -0.360 e. The molecule has 0 aliphatic carbocycles. The number of nitrogens with one attached hydrogen (secondary N) is 1. The van der Waals surface area contributed by atoms with Crippen molar-refractivity contribution in [3.63, 3.8) is 0 Å². The Morgan fingerprint density at radius 2 is 1.96 bits per heavy atom. The molecule has 0 aliphatic heterocycles. The number of amides is 1. The fraction of sp³-hybridized carbons (Fsp3) is 0.389. The van der Waals surface area contributed by atoms with Crippen molar-refractivity contribution < 1.29 is 4.79 Å². The third kappa shape index (κ3) is 3.42. The second-order valence-corrected chi connectivity index (χ2v) is 6.60. The molecule has 132 valence electrons. The zero-order valence-electron chi connectivity index (χ0n) is 14.8. The van der Waals surface area contributed by atoms with Crippen LogP contribution in [0.4, 0.5) is 0 Å². The molecule has 3 aromatic rings. The summed E-state index contributed by atoms with van der Waals surface area (Å²) in [5, 5.41) is 10.6. The van der Waals surface area contributed by atoms with E-state index in [4.69, 9.17) is 0 Å². The first-order valence-corrected chi connectivity index (χ1v) is 9.58. The van der Waals surface area contributed by atoms with E-state index in [9.17, 15) is 4.79 Å². The lowest BCUT2D eigenvalue weighted by Gasteiger charge is -2.18. The Bertz CT molecular complexity index is 865. The summed E-state index contributed by atoms with van der Waals surface area (Å²) in [7, 11) is 0. The zero-order chi connectivity index (χ0) is 17.8. The van der Waals surface area contributed by atoms with Gasteiger partial charge in [-0.2, -0.15) is 0 Å². The van der Waals surface area contributed by atoms with Gasteiger partial charge in [0, 0.05) is 42.3 Å². The van der Waals surface area contributed by atoms with Crippen LogP contribution in [0.15, 0.2) is 35.6 Å². The second kappa shape index (κ2) is 7.74. The van der Waals surface area contributed by atoms with Crippen LogP contribution < -0.4 is 0 Å². The number of carbonyl (C=O) groups excluding carboxylic acids is 1. The summed E-state index contributed by atoms with van der Waals surface area (Å²) in [4.78, 5) is 17.3. The number of thioether (sulfide) groups is 1. The van der Waals surface area contributed by atoms with E-state index in [1.807, 2.05) is 43.1 Å². The highest BCUT2D eigenvalue weighted by atomic mass is 32.2. The van der Waals surface area contributed by atoms with Gasteiger partial charge in [-0.05, 0) is 26.8 Å². The van der Waals surface area contributed by atoms with Crippen LogP contribution >= 0.6 is 11.8 Å². The Labute approximate surface area is 151 Å². The number of aromatic nitrogens is 4. The van der Waals surface area contributed by atoms with E-state index < -0.39 is 0 Å². The van der Waals surface area contributed by atoms with Gasteiger partial charge in [0.1, 0.15) is 0 Å². The zero-order valence-corrected chi connectivity index (χ0v) is 15.6. The summed E-state index contributed by atoms with van der Waals surface area (Å²) in [6.45, 7) is 8.28. The van der Waals surface area contributed by atoms with Gasteiger partial charge in [0.05, 0.1) is 5.75 Å². The summed E-state index contributed by atoms with van der Waals surface area (Å²) in [6.07, 6.45) is 1.97. The van der Waals surface area contributed by atoms with Crippen LogP contribution in [0.25, 0.3) is 22.3 Å². The standard InChI is InChI=1S/C18H23N5OS/c1-4-22(5-2)16(24)12-25-18-21-20-17(23(18)6-3)14-11-19-15-10-8-7-9-13(14)15/h7-11,19H,4-6,12H2,1-3H3. The predicted molar refractivity (Wildman–Crippen MR) is 102 cm³/mol. The molecule has 0 atom stereocenters. The number of fused-ring (bicyclic) bond motifs is 1. The van der Waals surface area contributed by atoms with E-state index in [0.717, 1.165) is 47.1 Å². The first kappa shape index (κ1) is 17.5. The Morgan fingerprint density at radius 3 is 2.68 bits per heavy atom. The number of aromatic amines is 1. The average molecular weight is 357 g/mol. The maximum Gasteiger partial charge on any atom is 0.233 e. The molecule has 2 heterocycles. The fourth-order valence-electron chi connectivity index (χ4n) is 2.93. The van der Waals surface area contributed by atoms with Gasteiger partial charge in [0.15, 0.2) is 11.0 Å². The van der Waals surface area contributed by atoms with Gasteiger partial charge in [0.2, 0.25) is 5.91 Å². The van der Waals surface area contributed by atoms with Crippen molar-refractivity contribution in [3.05, 3.63) is 30.5 Å². The molecule has 25 heavy (non-hydrogen) atoms. The van der Waals surface area contributed by atoms with Crippen LogP contribution in [0.2, 0.25) is 0 Å². The van der Waals surface area contributed by atoms with Crippen molar-refractivity contribution in [1.82, 2.24) is 24.6 Å². The molecule has 0 spiro atoms. The van der Waals surface area contributed by atoms with Crippen molar-refractivity contribution in [2.75, 3.05) is 18.8 Å². The molecule has 1 amide bonds. The first-order valence-electron chi connectivity index (χ1n) is 8.59. The van der Waals surface area contributed by atoms with Gasteiger partial charge in [-0.25, -0.2) is 0 Å². The molecule has 7 heteroatoms. The molecule has 2 aromatic heterocycles. The van der Waals surface area contributed by atoms with Crippen LogP contribution in [-0.4, -0.2) is 49.4 Å². The van der Waals surface area contributed by atoms with Gasteiger partial charge < -0.3 is 14.5 Å². The van der Waals surface area contributed by atoms with Crippen LogP contribution in [0.5, 0.6) is 0 Å². The molecule has 1 N–H and O–H groups in total. The third-order valence-electron chi connectivity index (χ3n) is 4.30. The first-order chi connectivity index (χ1) is 12.2. The average Bonchev–Trinajstić information content (AvgIpc) is 3.24. The minimum absolute atomic E-state index is 0.134. The molecular formula is C18H23N5OS. The number of hydrogen-bond donors (Lipinski definition) is 1. The Kier molecular flexibility index (Phi) is 5.43. The highest BCUT2D eigenvalue weighted by Crippen LogP contribution is 2.29. The third-order valence-corrected chi connectivity index (χ3v) is 5.26. The molecule has 3 rings (SSSR count). The molecule has 0 unspecified atom stereocenters. The van der Waals surface area contributed by atoms with Gasteiger partial charge >= 0.3 is 0 Å². The SMILES string of the molecule is CCN(CC)C(=O)CSc1nnc(-c2c[nH]c3ccccc23)n1CC. The summed E-state index contributed by atoms with van der Waals surface area (Å²) in [5.74, 6) is 1.35. The highest BCUT2D eigenvalue weighted by Gasteiger charge is 2.18. The highest BCUT2D eigenvalue weighted by molar-refractivity contribution is 7.99. The number of benzene rings is 1. The molecule has 1 aromatic carbocycles. The maximum absolute atomic E-state index is 12.2. The van der Waals surface area contributed by atoms with E-state index in [1.165, 1.54) is 11.8 Å². The predicted octanol–water partition coefficient (Wildman–Crippen LogP) is 3.41. The van der Waals surface area contributed by atoms with Crippen molar-refractivity contribution in [2.45, 2.75) is 32.5 Å². The van der Waals surface area contributed by atoms with Crippen LogP contribution in [-0.2, 0) is 11.3 Å². The normalized spacial score (nSPS) is 11.2. The van der Waals surface area contributed by atoms with E-state index >= 15 is 0 Å². The molecule has 0 aliphatic rings. The lowest BCUT2D eigenvalue weighted by molar-refractivity contribution is -0.127. The van der Waals surface area contributed by atoms with Gasteiger partial charge in [-0.1, -0.05) is 30.0 Å². The molecular weight excluding hydrogens is 334 g/mol. The molecule has 0 radical (unpaired) electrons. The quantitative estimate of drug-likeness (QED) is 0.658. The van der Waals surface area contributed by atoms with E-state index in [1.54, 1.807) is 0 Å². The van der Waals surface area contributed by atoms with Crippen LogP contribution in [0.3, 0.4) is 0 Å². The minimum atomic E-state index is 0.134. The Balaban J connectivity index is 1.85. The molecule has 0 saturated heterocycles. The van der Waals surface area contributed by atoms with E-state index in [2.05, 4.69) is 32.7 Å². The van der Waals surface area contributed by atoms with Crippen molar-refractivity contribution in [2.24, 2.45) is 0 Å². The number of nitrogens with zero attached hydrogens (tertiary/aromatic N) is 4. The number of rotatable bonds is 7. The molecule has 6 nitrogen and oxygen atoms in total. The van der Waals surface area contributed by atoms with Crippen LogP contribution in [0, 0.1) is 0 Å². The van der Waals surface area contributed by atoms with Gasteiger partial charge in [-0.3, -0.25) is 4.79 Å². The Morgan fingerprint density at radius 1 is 1.20 bits per heavy atom. The molecule has 0 saturated carbocycles. The van der Waals surface area contributed by atoms with Gasteiger partial charge in [0.25, 0.3) is 0 Å². The number of hydrogen-bond acceptors (Lipinski definition) is 4. The van der Waals surface area contributed by atoms with Crippen LogP contribution in [0.1, 0.15) is 20.8 Å². The fourth-order valence-corrected chi connectivity index (χ4v) is 3.84. The smallest absolute Gasteiger partial charge is 0.233 e. The van der Waals surface area contributed by atoms with Gasteiger partial charge in [-0.15, -0.1) is 10.2 Å². The lowest BCUT2D eigenvalue weighted by atomic mass is 10.1. The van der Waals surface area contributed by atoms with Crippen molar-refractivity contribution in [3.8, 4) is 11.4 Å². The summed E-state index contributed by atoms with van der Waals surface area (Å²) in [6, 6.07) is 8.15. The molecule has 0 bridgehead atoms. The van der Waals surface area contributed by atoms with E-state index in [-0.39, 0.29) is 5.91 Å². The second-order valence-electron chi connectivity index (χ2n) is 5.65. The van der Waals surface area contributed by atoms with E-state index in [0.29, 0.717) is 5.75 Å². The maximum atomic E-state index is 12.2. The van der Waals surface area contributed by atoms with Crippen molar-refractivity contribution in [1.29, 1.82) is 0 Å². The summed E-state index contributed by atoms with van der Waals surface area (Å²) >= 11 is 1.45.